The minimum Gasteiger partial charge on any atom is -0.325 e. The molecule has 0 aliphatic heterocycles. The quantitative estimate of drug-likeness (QED) is 0.585. The Hall–Kier alpha value is -2.29. The summed E-state index contributed by atoms with van der Waals surface area (Å²) >= 11 is 1.01. The number of hydrogen-bond donors (Lipinski definition) is 2. The number of amides is 1. The minimum atomic E-state index is -4.57. The molecule has 26 heavy (non-hydrogen) atoms. The van der Waals surface area contributed by atoms with Crippen molar-refractivity contribution in [3.8, 4) is 0 Å². The van der Waals surface area contributed by atoms with E-state index in [2.05, 4.69) is 15.3 Å². The van der Waals surface area contributed by atoms with E-state index < -0.39 is 22.9 Å². The molecule has 2 N–H and O–H groups in total. The summed E-state index contributed by atoms with van der Waals surface area (Å²) < 4.78 is 39.2. The number of aromatic amines is 1. The van der Waals surface area contributed by atoms with Gasteiger partial charge >= 0.3 is 6.18 Å². The van der Waals surface area contributed by atoms with Gasteiger partial charge in [0.1, 0.15) is 0 Å². The van der Waals surface area contributed by atoms with Gasteiger partial charge in [-0.1, -0.05) is 37.7 Å². The smallest absolute Gasteiger partial charge is 0.325 e. The fraction of sp³-hybridized carbons (Fsp3) is 0.353. The Labute approximate surface area is 152 Å². The Morgan fingerprint density at radius 2 is 2.00 bits per heavy atom. The third kappa shape index (κ3) is 5.10. The Morgan fingerprint density at radius 3 is 2.62 bits per heavy atom. The number of alkyl halides is 3. The van der Waals surface area contributed by atoms with Crippen LogP contribution < -0.4 is 10.9 Å². The van der Waals surface area contributed by atoms with Crippen molar-refractivity contribution >= 4 is 23.4 Å². The van der Waals surface area contributed by atoms with Gasteiger partial charge in [0.05, 0.1) is 16.5 Å². The highest BCUT2D eigenvalue weighted by molar-refractivity contribution is 8.00. The van der Waals surface area contributed by atoms with E-state index in [0.29, 0.717) is 18.5 Å². The van der Waals surface area contributed by atoms with E-state index in [9.17, 15) is 22.8 Å². The molecule has 1 aromatic heterocycles. The average Bonchev–Trinajstić information content (AvgIpc) is 2.58. The molecule has 0 spiro atoms. The lowest BCUT2D eigenvalue weighted by molar-refractivity contribution is -0.137. The van der Waals surface area contributed by atoms with Crippen LogP contribution in [0.2, 0.25) is 0 Å². The van der Waals surface area contributed by atoms with Crippen LogP contribution in [-0.4, -0.2) is 21.1 Å². The maximum Gasteiger partial charge on any atom is 0.418 e. The van der Waals surface area contributed by atoms with Gasteiger partial charge in [-0.15, -0.1) is 0 Å². The lowest BCUT2D eigenvalue weighted by atomic mass is 10.1. The Balaban J connectivity index is 2.20. The molecule has 0 fully saturated rings. The normalized spacial score (nSPS) is 12.7. The zero-order valence-electron chi connectivity index (χ0n) is 14.2. The van der Waals surface area contributed by atoms with Crippen molar-refractivity contribution in [2.24, 2.45) is 0 Å². The molecule has 1 atom stereocenters. The molecule has 0 saturated carbocycles. The van der Waals surface area contributed by atoms with Gasteiger partial charge < -0.3 is 10.3 Å². The van der Waals surface area contributed by atoms with E-state index in [1.54, 1.807) is 6.92 Å². The molecule has 1 unspecified atom stereocenters. The molecule has 0 saturated heterocycles. The molecular weight excluding hydrogens is 367 g/mol. The maximum atomic E-state index is 13.1. The number of nitrogens with zero attached hydrogens (tertiary/aromatic N) is 1. The van der Waals surface area contributed by atoms with E-state index in [0.717, 1.165) is 17.8 Å². The van der Waals surface area contributed by atoms with Gasteiger partial charge in [-0.2, -0.15) is 13.2 Å². The van der Waals surface area contributed by atoms with Gasteiger partial charge in [-0.3, -0.25) is 9.59 Å². The summed E-state index contributed by atoms with van der Waals surface area (Å²) in [5.41, 5.74) is -0.966. The molecule has 1 heterocycles. The number of aryl methyl sites for hydroxylation is 1. The van der Waals surface area contributed by atoms with Gasteiger partial charge in [-0.25, -0.2) is 4.98 Å². The van der Waals surface area contributed by atoms with Gasteiger partial charge in [0.25, 0.3) is 5.56 Å². The second kappa shape index (κ2) is 8.39. The van der Waals surface area contributed by atoms with Crippen LogP contribution in [0.5, 0.6) is 0 Å². The summed E-state index contributed by atoms with van der Waals surface area (Å²) in [5.74, 6) is -0.584. The second-order valence-corrected chi connectivity index (χ2v) is 6.63. The SMILES string of the molecule is CCc1cc(=O)[nH]c(SC(CC)C(=O)Nc2ccccc2C(F)(F)F)n1. The summed E-state index contributed by atoms with van der Waals surface area (Å²) in [4.78, 5) is 30.8. The highest BCUT2D eigenvalue weighted by atomic mass is 32.2. The largest absolute Gasteiger partial charge is 0.418 e. The third-order valence-electron chi connectivity index (χ3n) is 3.54. The molecule has 1 amide bonds. The molecule has 0 radical (unpaired) electrons. The number of halogens is 3. The Bertz CT molecular complexity index is 836. The first-order valence-corrected chi connectivity index (χ1v) is 8.86. The second-order valence-electron chi connectivity index (χ2n) is 5.44. The summed E-state index contributed by atoms with van der Waals surface area (Å²) in [6.45, 7) is 3.57. The molecule has 0 bridgehead atoms. The predicted molar refractivity (Wildman–Crippen MR) is 94.2 cm³/mol. The van der Waals surface area contributed by atoms with Crippen molar-refractivity contribution in [2.45, 2.75) is 43.3 Å². The van der Waals surface area contributed by atoms with Gasteiger partial charge in [-0.05, 0) is 25.0 Å². The van der Waals surface area contributed by atoms with Gasteiger partial charge in [0.2, 0.25) is 5.91 Å². The van der Waals surface area contributed by atoms with Crippen molar-refractivity contribution in [1.29, 1.82) is 0 Å². The number of thioether (sulfide) groups is 1. The van der Waals surface area contributed by atoms with Gasteiger partial charge in [0, 0.05) is 11.8 Å². The van der Waals surface area contributed by atoms with E-state index in [1.807, 2.05) is 6.92 Å². The lowest BCUT2D eigenvalue weighted by Crippen LogP contribution is -2.26. The van der Waals surface area contributed by atoms with E-state index >= 15 is 0 Å². The van der Waals surface area contributed by atoms with E-state index in [-0.39, 0.29) is 16.4 Å². The van der Waals surface area contributed by atoms with E-state index in [4.69, 9.17) is 0 Å². The van der Waals surface area contributed by atoms with Crippen molar-refractivity contribution in [1.82, 2.24) is 9.97 Å². The van der Waals surface area contributed by atoms with Crippen molar-refractivity contribution in [2.75, 3.05) is 5.32 Å². The topological polar surface area (TPSA) is 74.8 Å². The predicted octanol–water partition coefficient (Wildman–Crippen LogP) is 3.86. The number of carbonyl (C=O) groups excluding carboxylic acids is 1. The van der Waals surface area contributed by atoms with Crippen LogP contribution in [0.1, 0.15) is 31.5 Å². The molecule has 9 heteroatoms. The van der Waals surface area contributed by atoms with Crippen LogP contribution in [-0.2, 0) is 17.4 Å². The standard InChI is InChI=1S/C17H18F3N3O2S/c1-3-10-9-14(24)23-16(21-10)26-13(4-2)15(25)22-12-8-6-5-7-11(12)17(18,19)20/h5-9,13H,3-4H2,1-2H3,(H,22,25)(H,21,23,24). The van der Waals surface area contributed by atoms with Gasteiger partial charge in [0.15, 0.2) is 5.16 Å². The molecule has 0 aliphatic rings. The number of para-hydroxylation sites is 1. The number of benzene rings is 1. The fourth-order valence-electron chi connectivity index (χ4n) is 2.23. The third-order valence-corrected chi connectivity index (χ3v) is 4.79. The van der Waals surface area contributed by atoms with Crippen LogP contribution >= 0.6 is 11.8 Å². The summed E-state index contributed by atoms with van der Waals surface area (Å²) in [7, 11) is 0. The Morgan fingerprint density at radius 1 is 1.31 bits per heavy atom. The van der Waals surface area contributed by atoms with Crippen LogP contribution in [0.4, 0.5) is 18.9 Å². The number of H-pyrrole nitrogens is 1. The first-order chi connectivity index (χ1) is 12.2. The number of hydrogen-bond acceptors (Lipinski definition) is 4. The average molecular weight is 385 g/mol. The molecule has 2 aromatic rings. The minimum absolute atomic E-state index is 0.264. The summed E-state index contributed by atoms with van der Waals surface area (Å²) in [6.07, 6.45) is -3.66. The highest BCUT2D eigenvalue weighted by Crippen LogP contribution is 2.35. The molecule has 5 nitrogen and oxygen atoms in total. The zero-order valence-corrected chi connectivity index (χ0v) is 15.0. The lowest BCUT2D eigenvalue weighted by Gasteiger charge is -2.17. The fourth-order valence-corrected chi connectivity index (χ4v) is 3.16. The maximum absolute atomic E-state index is 13.1. The van der Waals surface area contributed by atoms with Crippen LogP contribution in [0.3, 0.4) is 0 Å². The molecule has 140 valence electrons. The zero-order chi connectivity index (χ0) is 19.3. The van der Waals surface area contributed by atoms with Crippen LogP contribution in [0.25, 0.3) is 0 Å². The summed E-state index contributed by atoms with van der Waals surface area (Å²) in [5, 5.41) is 1.89. The first-order valence-electron chi connectivity index (χ1n) is 7.98. The van der Waals surface area contributed by atoms with Crippen LogP contribution in [0, 0.1) is 0 Å². The number of rotatable bonds is 6. The van der Waals surface area contributed by atoms with E-state index in [1.165, 1.54) is 24.3 Å². The van der Waals surface area contributed by atoms with Crippen molar-refractivity contribution < 1.29 is 18.0 Å². The summed E-state index contributed by atoms with van der Waals surface area (Å²) in [6, 6.07) is 6.16. The highest BCUT2D eigenvalue weighted by Gasteiger charge is 2.34. The number of aromatic nitrogens is 2. The Kier molecular flexibility index (Phi) is 6.47. The number of anilines is 1. The van der Waals surface area contributed by atoms with Crippen molar-refractivity contribution in [3.63, 3.8) is 0 Å². The number of carbonyl (C=O) groups is 1. The molecule has 0 aliphatic carbocycles. The number of nitrogens with one attached hydrogen (secondary N) is 2. The molecule has 1 aromatic carbocycles. The van der Waals surface area contributed by atoms with Crippen LogP contribution in [0.15, 0.2) is 40.3 Å². The first kappa shape index (κ1) is 20.0. The molecular formula is C17H18F3N3O2S. The van der Waals surface area contributed by atoms with Crippen molar-refractivity contribution in [3.05, 3.63) is 51.9 Å². The molecule has 2 rings (SSSR count). The monoisotopic (exact) mass is 385 g/mol.